The van der Waals surface area contributed by atoms with Crippen molar-refractivity contribution in [2.75, 3.05) is 0 Å². The van der Waals surface area contributed by atoms with Gasteiger partial charge in [-0.25, -0.2) is 4.39 Å². The Bertz CT molecular complexity index is 931. The Balaban J connectivity index is 1.66. The van der Waals surface area contributed by atoms with Crippen molar-refractivity contribution in [3.8, 4) is 0 Å². The lowest BCUT2D eigenvalue weighted by atomic mass is 9.87. The van der Waals surface area contributed by atoms with Crippen LogP contribution in [0.3, 0.4) is 0 Å². The highest BCUT2D eigenvalue weighted by molar-refractivity contribution is 7.21. The number of benzene rings is 2. The summed E-state index contributed by atoms with van der Waals surface area (Å²) in [5.41, 5.74) is 3.25. The molecular weight excluding hydrogens is 321 g/mol. The molecule has 1 aliphatic rings. The van der Waals surface area contributed by atoms with Gasteiger partial charge in [0.2, 0.25) is 0 Å². The Morgan fingerprint density at radius 1 is 1.21 bits per heavy atom. The lowest BCUT2D eigenvalue weighted by Crippen LogP contribution is -2.30. The molecule has 1 heterocycles. The van der Waals surface area contributed by atoms with Crippen molar-refractivity contribution < 1.29 is 9.18 Å². The van der Waals surface area contributed by atoms with Crippen molar-refractivity contribution in [1.82, 2.24) is 5.32 Å². The second kappa shape index (κ2) is 6.02. The van der Waals surface area contributed by atoms with Gasteiger partial charge in [-0.15, -0.1) is 11.3 Å². The third-order valence-electron chi connectivity index (χ3n) is 4.78. The van der Waals surface area contributed by atoms with Gasteiger partial charge in [0.1, 0.15) is 5.82 Å². The largest absolute Gasteiger partial charge is 0.345 e. The Morgan fingerprint density at radius 3 is 2.88 bits per heavy atom. The molecule has 4 heteroatoms. The Labute approximate surface area is 144 Å². The number of fused-ring (bicyclic) bond motifs is 2. The van der Waals surface area contributed by atoms with E-state index >= 15 is 0 Å². The van der Waals surface area contributed by atoms with E-state index in [0.717, 1.165) is 29.5 Å². The van der Waals surface area contributed by atoms with Crippen LogP contribution in [0.5, 0.6) is 0 Å². The lowest BCUT2D eigenvalue weighted by Gasteiger charge is -2.26. The minimum atomic E-state index is -0.261. The summed E-state index contributed by atoms with van der Waals surface area (Å²) in [7, 11) is 0. The Morgan fingerprint density at radius 2 is 2.04 bits per heavy atom. The van der Waals surface area contributed by atoms with E-state index in [0.29, 0.717) is 10.3 Å². The quantitative estimate of drug-likeness (QED) is 0.687. The van der Waals surface area contributed by atoms with Crippen molar-refractivity contribution in [3.63, 3.8) is 0 Å². The molecule has 1 aromatic heterocycles. The van der Waals surface area contributed by atoms with Crippen molar-refractivity contribution >= 4 is 27.3 Å². The first kappa shape index (κ1) is 15.3. The average molecular weight is 339 g/mol. The van der Waals surface area contributed by atoms with E-state index in [4.69, 9.17) is 0 Å². The zero-order valence-corrected chi connectivity index (χ0v) is 14.3. The van der Waals surface area contributed by atoms with Crippen LogP contribution in [0.25, 0.3) is 10.1 Å². The highest BCUT2D eigenvalue weighted by atomic mass is 32.1. The number of halogens is 1. The molecule has 2 nitrogen and oxygen atoms in total. The zero-order chi connectivity index (χ0) is 16.7. The third-order valence-corrected chi connectivity index (χ3v) is 6.04. The van der Waals surface area contributed by atoms with E-state index in [1.54, 1.807) is 6.07 Å². The summed E-state index contributed by atoms with van der Waals surface area (Å²) in [4.78, 5) is 13.4. The van der Waals surface area contributed by atoms with Gasteiger partial charge in [-0.2, -0.15) is 0 Å². The fraction of sp³-hybridized carbons (Fsp3) is 0.250. The second-order valence-corrected chi connectivity index (χ2v) is 7.34. The first-order valence-electron chi connectivity index (χ1n) is 8.21. The fourth-order valence-electron chi connectivity index (χ4n) is 3.60. The van der Waals surface area contributed by atoms with Crippen LogP contribution in [0.1, 0.15) is 45.2 Å². The molecule has 0 radical (unpaired) electrons. The topological polar surface area (TPSA) is 29.1 Å². The number of nitrogens with one attached hydrogen (secondary N) is 1. The maximum Gasteiger partial charge on any atom is 0.262 e. The molecule has 24 heavy (non-hydrogen) atoms. The van der Waals surface area contributed by atoms with E-state index in [2.05, 4.69) is 17.4 Å². The van der Waals surface area contributed by atoms with E-state index in [1.165, 1.54) is 28.5 Å². The van der Waals surface area contributed by atoms with Crippen LogP contribution in [0.15, 0.2) is 42.5 Å². The molecule has 0 spiro atoms. The smallest absolute Gasteiger partial charge is 0.262 e. The van der Waals surface area contributed by atoms with Gasteiger partial charge in [0.15, 0.2) is 0 Å². The second-order valence-electron chi connectivity index (χ2n) is 6.29. The Kier molecular flexibility index (Phi) is 3.85. The first-order chi connectivity index (χ1) is 11.6. The van der Waals surface area contributed by atoms with Crippen LogP contribution in [-0.2, 0) is 6.42 Å². The number of rotatable bonds is 2. The maximum absolute atomic E-state index is 14.1. The van der Waals surface area contributed by atoms with Crippen LogP contribution in [0, 0.1) is 12.7 Å². The molecule has 1 N–H and O–H groups in total. The summed E-state index contributed by atoms with van der Waals surface area (Å²) >= 11 is 1.36. The monoisotopic (exact) mass is 339 g/mol. The number of hydrogen-bond donors (Lipinski definition) is 1. The van der Waals surface area contributed by atoms with Gasteiger partial charge < -0.3 is 5.32 Å². The highest BCUT2D eigenvalue weighted by Crippen LogP contribution is 2.34. The van der Waals surface area contributed by atoms with Crippen LogP contribution in [0.4, 0.5) is 4.39 Å². The molecule has 2 aromatic carbocycles. The SMILES string of the molecule is Cc1c(C(=O)N[C@H]2CCCc3ccccc32)sc2cccc(F)c12. The molecule has 122 valence electrons. The van der Waals surface area contributed by atoms with E-state index in [9.17, 15) is 9.18 Å². The van der Waals surface area contributed by atoms with Crippen molar-refractivity contribution in [1.29, 1.82) is 0 Å². The summed E-state index contributed by atoms with van der Waals surface area (Å²) in [6.07, 6.45) is 3.08. The molecule has 0 fully saturated rings. The molecule has 1 amide bonds. The fourth-order valence-corrected chi connectivity index (χ4v) is 4.72. The molecule has 3 aromatic rings. The number of aryl methyl sites for hydroxylation is 2. The summed E-state index contributed by atoms with van der Waals surface area (Å²) in [6.45, 7) is 1.83. The van der Waals surface area contributed by atoms with Crippen molar-refractivity contribution in [3.05, 3.63) is 69.8 Å². The number of carbonyl (C=O) groups is 1. The summed E-state index contributed by atoms with van der Waals surface area (Å²) in [5.74, 6) is -0.363. The molecule has 1 aliphatic carbocycles. The summed E-state index contributed by atoms with van der Waals surface area (Å²) in [5, 5.41) is 3.73. The van der Waals surface area contributed by atoms with Gasteiger partial charge in [0.25, 0.3) is 5.91 Å². The third kappa shape index (κ3) is 2.51. The van der Waals surface area contributed by atoms with Crippen LogP contribution >= 0.6 is 11.3 Å². The minimum absolute atomic E-state index is 0.0388. The molecule has 0 saturated carbocycles. The lowest BCUT2D eigenvalue weighted by molar-refractivity contribution is 0.0936. The summed E-state index contributed by atoms with van der Waals surface area (Å²) < 4.78 is 14.9. The van der Waals surface area contributed by atoms with Gasteiger partial charge in [-0.1, -0.05) is 30.3 Å². The van der Waals surface area contributed by atoms with Gasteiger partial charge in [0.05, 0.1) is 10.9 Å². The number of thiophene rings is 1. The van der Waals surface area contributed by atoms with Crippen LogP contribution < -0.4 is 5.32 Å². The standard InChI is InChI=1S/C20H18FNOS/c1-12-18-15(21)9-5-11-17(18)24-19(12)20(23)22-16-10-4-7-13-6-2-3-8-14(13)16/h2-3,5-6,8-9,11,16H,4,7,10H2,1H3,(H,22,23)/t16-/m0/s1. The predicted molar refractivity (Wildman–Crippen MR) is 96.1 cm³/mol. The number of amides is 1. The molecule has 0 aliphatic heterocycles. The summed E-state index contributed by atoms with van der Waals surface area (Å²) in [6, 6.07) is 13.3. The molecule has 0 unspecified atom stereocenters. The minimum Gasteiger partial charge on any atom is -0.345 e. The van der Waals surface area contributed by atoms with E-state index in [-0.39, 0.29) is 17.8 Å². The molecule has 0 saturated heterocycles. The Hall–Kier alpha value is -2.20. The van der Waals surface area contributed by atoms with E-state index in [1.807, 2.05) is 25.1 Å². The molecule has 4 rings (SSSR count). The van der Waals surface area contributed by atoms with Crippen molar-refractivity contribution in [2.24, 2.45) is 0 Å². The molecule has 0 bridgehead atoms. The van der Waals surface area contributed by atoms with Gasteiger partial charge >= 0.3 is 0 Å². The van der Waals surface area contributed by atoms with Gasteiger partial charge in [-0.05, 0) is 55.0 Å². The number of carbonyl (C=O) groups excluding carboxylic acids is 1. The highest BCUT2D eigenvalue weighted by Gasteiger charge is 2.24. The predicted octanol–water partition coefficient (Wildman–Crippen LogP) is 5.16. The van der Waals surface area contributed by atoms with Crippen LogP contribution in [0.2, 0.25) is 0 Å². The zero-order valence-electron chi connectivity index (χ0n) is 13.4. The van der Waals surface area contributed by atoms with Gasteiger partial charge in [-0.3, -0.25) is 4.79 Å². The molecule has 1 atom stereocenters. The first-order valence-corrected chi connectivity index (χ1v) is 9.03. The number of hydrogen-bond acceptors (Lipinski definition) is 2. The van der Waals surface area contributed by atoms with Crippen LogP contribution in [-0.4, -0.2) is 5.91 Å². The van der Waals surface area contributed by atoms with E-state index < -0.39 is 0 Å². The normalized spacial score (nSPS) is 16.8. The maximum atomic E-state index is 14.1. The van der Waals surface area contributed by atoms with Gasteiger partial charge in [0, 0.05) is 10.1 Å². The average Bonchev–Trinajstić information content (AvgIpc) is 2.93. The van der Waals surface area contributed by atoms with Crippen molar-refractivity contribution in [2.45, 2.75) is 32.2 Å². The molecular formula is C20H18FNOS.